The maximum atomic E-state index is 13.2. The van der Waals surface area contributed by atoms with Crippen molar-refractivity contribution in [3.05, 3.63) is 41.0 Å². The minimum absolute atomic E-state index is 0.138. The molecule has 25 heavy (non-hydrogen) atoms. The summed E-state index contributed by atoms with van der Waals surface area (Å²) in [5.41, 5.74) is 2.25. The van der Waals surface area contributed by atoms with Crippen LogP contribution in [0.3, 0.4) is 0 Å². The van der Waals surface area contributed by atoms with Gasteiger partial charge in [0.1, 0.15) is 30.0 Å². The zero-order valence-corrected chi connectivity index (χ0v) is 14.9. The zero-order chi connectivity index (χ0) is 17.6. The lowest BCUT2D eigenvalue weighted by Crippen LogP contribution is -2.52. The van der Waals surface area contributed by atoms with Crippen molar-refractivity contribution in [2.45, 2.75) is 39.5 Å². The molecular formula is C18H23N5O2. The molecule has 4 rings (SSSR count). The summed E-state index contributed by atoms with van der Waals surface area (Å²) < 4.78 is 7.88. The van der Waals surface area contributed by atoms with Crippen molar-refractivity contribution < 1.29 is 9.53 Å². The van der Waals surface area contributed by atoms with Crippen LogP contribution in [0.5, 0.6) is 5.75 Å². The molecule has 7 heteroatoms. The van der Waals surface area contributed by atoms with Gasteiger partial charge >= 0.3 is 0 Å². The third-order valence-electron chi connectivity index (χ3n) is 5.08. The standard InChI is InChI=1S/C18H23N5O2/c1-12-4-5-16-14(8-12)9-22(6-7-25-16)18(24)15-10-23-13(2)19-20-17(23)11-21(15)3/h4-5,8,15H,6-7,9-11H2,1-3H3. The molecule has 1 amide bonds. The average Bonchev–Trinajstić information content (AvgIpc) is 2.81. The maximum absolute atomic E-state index is 13.2. The van der Waals surface area contributed by atoms with Gasteiger partial charge in [-0.3, -0.25) is 9.69 Å². The smallest absolute Gasteiger partial charge is 0.242 e. The Bertz CT molecular complexity index is 816. The first-order chi connectivity index (χ1) is 12.0. The quantitative estimate of drug-likeness (QED) is 0.778. The van der Waals surface area contributed by atoms with Crippen molar-refractivity contribution >= 4 is 5.91 Å². The molecule has 0 saturated carbocycles. The van der Waals surface area contributed by atoms with Gasteiger partial charge in [-0.15, -0.1) is 10.2 Å². The fourth-order valence-electron chi connectivity index (χ4n) is 3.61. The molecule has 132 valence electrons. The Hall–Kier alpha value is -2.41. The van der Waals surface area contributed by atoms with E-state index < -0.39 is 0 Å². The van der Waals surface area contributed by atoms with Gasteiger partial charge in [-0.05, 0) is 27.0 Å². The molecule has 1 atom stereocenters. The lowest BCUT2D eigenvalue weighted by molar-refractivity contribution is -0.138. The second-order valence-corrected chi connectivity index (χ2v) is 6.92. The van der Waals surface area contributed by atoms with Gasteiger partial charge < -0.3 is 14.2 Å². The molecule has 1 unspecified atom stereocenters. The van der Waals surface area contributed by atoms with Crippen LogP contribution in [0.25, 0.3) is 0 Å². The average molecular weight is 341 g/mol. The Balaban J connectivity index is 1.57. The number of hydrogen-bond acceptors (Lipinski definition) is 5. The molecule has 0 bridgehead atoms. The summed E-state index contributed by atoms with van der Waals surface area (Å²) in [5.74, 6) is 2.80. The van der Waals surface area contributed by atoms with Crippen LogP contribution in [-0.2, 0) is 24.4 Å². The molecule has 0 saturated heterocycles. The van der Waals surface area contributed by atoms with Gasteiger partial charge in [-0.1, -0.05) is 17.7 Å². The van der Waals surface area contributed by atoms with Gasteiger partial charge in [0.05, 0.1) is 19.6 Å². The molecule has 0 aliphatic carbocycles. The normalized spacial score (nSPS) is 20.4. The van der Waals surface area contributed by atoms with Crippen LogP contribution in [0.15, 0.2) is 18.2 Å². The van der Waals surface area contributed by atoms with Crippen LogP contribution < -0.4 is 4.74 Å². The van der Waals surface area contributed by atoms with Crippen LogP contribution in [0.2, 0.25) is 0 Å². The Morgan fingerprint density at radius 2 is 2.08 bits per heavy atom. The van der Waals surface area contributed by atoms with Gasteiger partial charge in [-0.2, -0.15) is 0 Å². The number of carbonyl (C=O) groups excluding carboxylic acids is 1. The van der Waals surface area contributed by atoms with E-state index in [4.69, 9.17) is 4.74 Å². The Labute approximate surface area is 147 Å². The molecule has 7 nitrogen and oxygen atoms in total. The highest BCUT2D eigenvalue weighted by molar-refractivity contribution is 5.82. The van der Waals surface area contributed by atoms with Crippen molar-refractivity contribution in [2.75, 3.05) is 20.2 Å². The molecule has 0 spiro atoms. The molecule has 2 aliphatic rings. The van der Waals surface area contributed by atoms with E-state index in [1.165, 1.54) is 5.56 Å². The third kappa shape index (κ3) is 2.89. The molecule has 3 heterocycles. The lowest BCUT2D eigenvalue weighted by atomic mass is 10.1. The van der Waals surface area contributed by atoms with E-state index in [-0.39, 0.29) is 11.9 Å². The van der Waals surface area contributed by atoms with Crippen LogP contribution >= 0.6 is 0 Å². The second kappa shape index (κ2) is 6.15. The summed E-state index contributed by atoms with van der Waals surface area (Å²) in [6.07, 6.45) is 0. The Morgan fingerprint density at radius 3 is 2.92 bits per heavy atom. The van der Waals surface area contributed by atoms with E-state index >= 15 is 0 Å². The Kier molecular flexibility index (Phi) is 3.95. The molecule has 0 fully saturated rings. The van der Waals surface area contributed by atoms with Gasteiger partial charge in [0.2, 0.25) is 5.91 Å². The first-order valence-corrected chi connectivity index (χ1v) is 8.63. The van der Waals surface area contributed by atoms with Crippen molar-refractivity contribution in [1.82, 2.24) is 24.6 Å². The van der Waals surface area contributed by atoms with Crippen LogP contribution in [0, 0.1) is 13.8 Å². The molecule has 0 N–H and O–H groups in total. The second-order valence-electron chi connectivity index (χ2n) is 6.92. The molecule has 2 aliphatic heterocycles. The van der Waals surface area contributed by atoms with E-state index in [0.29, 0.717) is 32.8 Å². The molecule has 1 aromatic carbocycles. The van der Waals surface area contributed by atoms with E-state index in [2.05, 4.69) is 32.7 Å². The Morgan fingerprint density at radius 1 is 1.24 bits per heavy atom. The fraction of sp³-hybridized carbons (Fsp3) is 0.500. The number of rotatable bonds is 1. The predicted molar refractivity (Wildman–Crippen MR) is 92.1 cm³/mol. The van der Waals surface area contributed by atoms with Gasteiger partial charge in [0, 0.05) is 12.1 Å². The van der Waals surface area contributed by atoms with E-state index in [0.717, 1.165) is 23.0 Å². The topological polar surface area (TPSA) is 63.5 Å². The number of aromatic nitrogens is 3. The molecule has 2 aromatic rings. The monoisotopic (exact) mass is 341 g/mol. The maximum Gasteiger partial charge on any atom is 0.242 e. The van der Waals surface area contributed by atoms with Crippen molar-refractivity contribution in [3.8, 4) is 5.75 Å². The fourth-order valence-corrected chi connectivity index (χ4v) is 3.61. The number of benzene rings is 1. The summed E-state index contributed by atoms with van der Waals surface area (Å²) in [6, 6.07) is 5.95. The number of hydrogen-bond donors (Lipinski definition) is 0. The third-order valence-corrected chi connectivity index (χ3v) is 5.08. The number of amides is 1. The highest BCUT2D eigenvalue weighted by Crippen LogP contribution is 2.26. The summed E-state index contributed by atoms with van der Waals surface area (Å²) in [5, 5.41) is 8.33. The van der Waals surface area contributed by atoms with E-state index in [1.54, 1.807) is 0 Å². The lowest BCUT2D eigenvalue weighted by Gasteiger charge is -2.35. The SMILES string of the molecule is Cc1ccc2c(c1)CN(C(=O)C1Cn3c(C)nnc3CN1C)CCO2. The van der Waals surface area contributed by atoms with Crippen molar-refractivity contribution in [1.29, 1.82) is 0 Å². The minimum Gasteiger partial charge on any atom is -0.491 e. The summed E-state index contributed by atoms with van der Waals surface area (Å²) in [4.78, 5) is 17.2. The largest absolute Gasteiger partial charge is 0.491 e. The summed E-state index contributed by atoms with van der Waals surface area (Å²) >= 11 is 0. The number of aryl methyl sites for hydroxylation is 2. The van der Waals surface area contributed by atoms with Crippen molar-refractivity contribution in [3.63, 3.8) is 0 Å². The number of nitrogens with zero attached hydrogens (tertiary/aromatic N) is 5. The van der Waals surface area contributed by atoms with Gasteiger partial charge in [-0.25, -0.2) is 0 Å². The highest BCUT2D eigenvalue weighted by atomic mass is 16.5. The zero-order valence-electron chi connectivity index (χ0n) is 14.9. The summed E-state index contributed by atoms with van der Waals surface area (Å²) in [7, 11) is 1.97. The van der Waals surface area contributed by atoms with Gasteiger partial charge in [0.15, 0.2) is 0 Å². The van der Waals surface area contributed by atoms with Crippen LogP contribution in [-0.4, -0.2) is 56.7 Å². The highest BCUT2D eigenvalue weighted by Gasteiger charge is 2.34. The first-order valence-electron chi connectivity index (χ1n) is 8.63. The molecule has 1 aromatic heterocycles. The minimum atomic E-state index is -0.200. The molecular weight excluding hydrogens is 318 g/mol. The van der Waals surface area contributed by atoms with E-state index in [9.17, 15) is 4.79 Å². The van der Waals surface area contributed by atoms with Gasteiger partial charge in [0.25, 0.3) is 0 Å². The van der Waals surface area contributed by atoms with Crippen LogP contribution in [0.1, 0.15) is 22.8 Å². The number of likely N-dealkylation sites (N-methyl/N-ethyl adjacent to an activating group) is 1. The summed E-state index contributed by atoms with van der Waals surface area (Å²) in [6.45, 7) is 6.94. The first kappa shape index (κ1) is 16.1. The molecule has 0 radical (unpaired) electrons. The van der Waals surface area contributed by atoms with Crippen LogP contribution in [0.4, 0.5) is 0 Å². The predicted octanol–water partition coefficient (Wildman–Crippen LogP) is 1.13. The van der Waals surface area contributed by atoms with Crippen molar-refractivity contribution in [2.24, 2.45) is 0 Å². The van der Waals surface area contributed by atoms with E-state index in [1.807, 2.05) is 31.0 Å². The number of fused-ring (bicyclic) bond motifs is 2. The number of ether oxygens (including phenoxy) is 1. The number of carbonyl (C=O) groups is 1.